The minimum Gasteiger partial charge on any atom is -0.481 e. The molecule has 0 bridgehead atoms. The van der Waals surface area contributed by atoms with Crippen LogP contribution in [0.15, 0.2) is 30.3 Å². The first-order valence-corrected chi connectivity index (χ1v) is 8.11. The predicted molar refractivity (Wildman–Crippen MR) is 87.1 cm³/mol. The average Bonchev–Trinajstić information content (AvgIpc) is 2.60. The van der Waals surface area contributed by atoms with Gasteiger partial charge in [-0.25, -0.2) is 9.37 Å². The topological polar surface area (TPSA) is 79.3 Å². The maximum atomic E-state index is 13.8. The van der Waals surface area contributed by atoms with E-state index in [0.29, 0.717) is 24.8 Å². The molecule has 2 aromatic rings. The lowest BCUT2D eigenvalue weighted by molar-refractivity contribution is -0.143. The Morgan fingerprint density at radius 1 is 1.17 bits per heavy atom. The van der Waals surface area contributed by atoms with Crippen molar-refractivity contribution in [2.24, 2.45) is 11.8 Å². The van der Waals surface area contributed by atoms with Crippen LogP contribution < -0.4 is 5.32 Å². The van der Waals surface area contributed by atoms with Crippen molar-refractivity contribution < 1.29 is 19.1 Å². The number of fused-ring (bicyclic) bond motifs is 1. The number of para-hydroxylation sites is 1. The number of nitrogens with one attached hydrogen (secondary N) is 1. The van der Waals surface area contributed by atoms with Gasteiger partial charge in [0.15, 0.2) is 0 Å². The molecule has 1 aliphatic rings. The Hall–Kier alpha value is -2.50. The fraction of sp³-hybridized carbons (Fsp3) is 0.389. The predicted octanol–water partition coefficient (Wildman–Crippen LogP) is 2.99. The van der Waals surface area contributed by atoms with Gasteiger partial charge in [-0.15, -0.1) is 0 Å². The zero-order valence-electron chi connectivity index (χ0n) is 13.2. The normalized spacial score (nSPS) is 20.7. The molecule has 0 saturated heterocycles. The molecular weight excluding hydrogens is 311 g/mol. The summed E-state index contributed by atoms with van der Waals surface area (Å²) in [5, 5.41) is 12.5. The van der Waals surface area contributed by atoms with E-state index in [4.69, 9.17) is 5.11 Å². The summed E-state index contributed by atoms with van der Waals surface area (Å²) in [4.78, 5) is 27.3. The second kappa shape index (κ2) is 6.95. The SMILES string of the molecule is O=C(NCC1CCC(C(=O)O)CC1)c1ccc2cccc(F)c2n1. The van der Waals surface area contributed by atoms with Crippen LogP contribution in [0.25, 0.3) is 10.9 Å². The zero-order chi connectivity index (χ0) is 17.1. The van der Waals surface area contributed by atoms with E-state index in [1.165, 1.54) is 6.07 Å². The van der Waals surface area contributed by atoms with Gasteiger partial charge in [-0.1, -0.05) is 18.2 Å². The number of aliphatic carboxylic acids is 1. The number of rotatable bonds is 4. The number of hydrogen-bond acceptors (Lipinski definition) is 3. The molecule has 0 radical (unpaired) electrons. The Kier molecular flexibility index (Phi) is 4.74. The molecule has 1 fully saturated rings. The average molecular weight is 330 g/mol. The Morgan fingerprint density at radius 2 is 1.92 bits per heavy atom. The van der Waals surface area contributed by atoms with Gasteiger partial charge < -0.3 is 10.4 Å². The number of benzene rings is 1. The third kappa shape index (κ3) is 3.53. The molecule has 0 spiro atoms. The van der Waals surface area contributed by atoms with Crippen LogP contribution in [0.1, 0.15) is 36.2 Å². The van der Waals surface area contributed by atoms with Gasteiger partial charge in [0.25, 0.3) is 5.91 Å². The molecule has 2 N–H and O–H groups in total. The molecule has 1 aromatic heterocycles. The van der Waals surface area contributed by atoms with Crippen molar-refractivity contribution in [2.75, 3.05) is 6.54 Å². The molecule has 3 rings (SSSR count). The summed E-state index contributed by atoms with van der Waals surface area (Å²) in [5.74, 6) is -1.50. The van der Waals surface area contributed by atoms with Gasteiger partial charge >= 0.3 is 5.97 Å². The number of aromatic nitrogens is 1. The highest BCUT2D eigenvalue weighted by Gasteiger charge is 2.26. The molecule has 0 unspecified atom stereocenters. The van der Waals surface area contributed by atoms with E-state index in [1.807, 2.05) is 0 Å². The summed E-state index contributed by atoms with van der Waals surface area (Å²) in [5.41, 5.74) is 0.374. The molecule has 1 aliphatic carbocycles. The number of halogens is 1. The molecule has 1 amide bonds. The number of carboxylic acid groups (broad SMARTS) is 1. The van der Waals surface area contributed by atoms with Gasteiger partial charge in [0.2, 0.25) is 0 Å². The second-order valence-electron chi connectivity index (χ2n) is 6.27. The van der Waals surface area contributed by atoms with Crippen molar-refractivity contribution in [1.82, 2.24) is 10.3 Å². The van der Waals surface area contributed by atoms with Crippen molar-refractivity contribution >= 4 is 22.8 Å². The van der Waals surface area contributed by atoms with Crippen molar-refractivity contribution in [3.63, 3.8) is 0 Å². The molecule has 1 aromatic carbocycles. The van der Waals surface area contributed by atoms with Crippen LogP contribution in [0.2, 0.25) is 0 Å². The molecule has 6 heteroatoms. The highest BCUT2D eigenvalue weighted by atomic mass is 19.1. The lowest BCUT2D eigenvalue weighted by Gasteiger charge is -2.26. The largest absolute Gasteiger partial charge is 0.481 e. The van der Waals surface area contributed by atoms with Crippen molar-refractivity contribution in [3.8, 4) is 0 Å². The highest BCUT2D eigenvalue weighted by molar-refractivity contribution is 5.94. The monoisotopic (exact) mass is 330 g/mol. The Balaban J connectivity index is 1.60. The summed E-state index contributed by atoms with van der Waals surface area (Å²) >= 11 is 0. The van der Waals surface area contributed by atoms with Gasteiger partial charge in [0.05, 0.1) is 5.92 Å². The third-order valence-corrected chi connectivity index (χ3v) is 4.65. The molecule has 126 valence electrons. The number of carbonyl (C=O) groups is 2. The maximum Gasteiger partial charge on any atom is 0.306 e. The Bertz CT molecular complexity index is 770. The number of carboxylic acids is 1. The molecule has 24 heavy (non-hydrogen) atoms. The highest BCUT2D eigenvalue weighted by Crippen LogP contribution is 2.28. The fourth-order valence-corrected chi connectivity index (χ4v) is 3.18. The molecule has 1 heterocycles. The number of hydrogen-bond donors (Lipinski definition) is 2. The van der Waals surface area contributed by atoms with E-state index in [2.05, 4.69) is 10.3 Å². The van der Waals surface area contributed by atoms with Crippen LogP contribution in [0, 0.1) is 17.7 Å². The van der Waals surface area contributed by atoms with E-state index in [1.54, 1.807) is 24.3 Å². The van der Waals surface area contributed by atoms with Gasteiger partial charge in [0.1, 0.15) is 17.0 Å². The van der Waals surface area contributed by atoms with Gasteiger partial charge in [0, 0.05) is 11.9 Å². The van der Waals surface area contributed by atoms with Gasteiger partial charge in [-0.05, 0) is 43.7 Å². The van der Waals surface area contributed by atoms with Crippen LogP contribution in [0.3, 0.4) is 0 Å². The standard InChI is InChI=1S/C18H19FN2O3/c19-14-3-1-2-12-8-9-15(21-16(12)14)17(22)20-10-11-4-6-13(7-5-11)18(23)24/h1-3,8-9,11,13H,4-7,10H2,(H,20,22)(H,23,24). The summed E-state index contributed by atoms with van der Waals surface area (Å²) in [7, 11) is 0. The second-order valence-corrected chi connectivity index (χ2v) is 6.27. The number of amides is 1. The Morgan fingerprint density at radius 3 is 2.62 bits per heavy atom. The number of nitrogens with zero attached hydrogens (tertiary/aromatic N) is 1. The minimum absolute atomic E-state index is 0.187. The minimum atomic E-state index is -0.736. The van der Waals surface area contributed by atoms with E-state index in [9.17, 15) is 14.0 Å². The zero-order valence-corrected chi connectivity index (χ0v) is 13.2. The van der Waals surface area contributed by atoms with Crippen LogP contribution in [0.5, 0.6) is 0 Å². The van der Waals surface area contributed by atoms with Crippen LogP contribution >= 0.6 is 0 Å². The fourth-order valence-electron chi connectivity index (χ4n) is 3.18. The molecule has 0 atom stereocenters. The van der Waals surface area contributed by atoms with E-state index >= 15 is 0 Å². The Labute approximate surface area is 138 Å². The summed E-state index contributed by atoms with van der Waals surface area (Å²) < 4.78 is 13.8. The molecule has 5 nitrogen and oxygen atoms in total. The maximum absolute atomic E-state index is 13.8. The van der Waals surface area contributed by atoms with E-state index < -0.39 is 11.8 Å². The summed E-state index contributed by atoms with van der Waals surface area (Å²) in [6.45, 7) is 0.488. The smallest absolute Gasteiger partial charge is 0.306 e. The van der Waals surface area contributed by atoms with Crippen LogP contribution in [-0.2, 0) is 4.79 Å². The lowest BCUT2D eigenvalue weighted by Crippen LogP contribution is -2.32. The molecule has 1 saturated carbocycles. The molecule has 0 aliphatic heterocycles. The van der Waals surface area contributed by atoms with Gasteiger partial charge in [-0.3, -0.25) is 9.59 Å². The van der Waals surface area contributed by atoms with Crippen molar-refractivity contribution in [2.45, 2.75) is 25.7 Å². The number of pyridine rings is 1. The lowest BCUT2D eigenvalue weighted by atomic mass is 9.82. The summed E-state index contributed by atoms with van der Waals surface area (Å²) in [6, 6.07) is 7.93. The first-order valence-electron chi connectivity index (χ1n) is 8.11. The molecular formula is C18H19FN2O3. The van der Waals surface area contributed by atoms with Gasteiger partial charge in [-0.2, -0.15) is 0 Å². The quantitative estimate of drug-likeness (QED) is 0.903. The summed E-state index contributed by atoms with van der Waals surface area (Å²) in [6.07, 6.45) is 2.87. The third-order valence-electron chi connectivity index (χ3n) is 4.65. The van der Waals surface area contributed by atoms with E-state index in [-0.39, 0.29) is 29.0 Å². The number of carbonyl (C=O) groups excluding carboxylic acids is 1. The van der Waals surface area contributed by atoms with Crippen molar-refractivity contribution in [3.05, 3.63) is 41.8 Å². The first-order chi connectivity index (χ1) is 11.5. The van der Waals surface area contributed by atoms with Crippen LogP contribution in [0.4, 0.5) is 4.39 Å². The van der Waals surface area contributed by atoms with Crippen molar-refractivity contribution in [1.29, 1.82) is 0 Å². The van der Waals surface area contributed by atoms with Crippen LogP contribution in [-0.4, -0.2) is 28.5 Å². The van der Waals surface area contributed by atoms with E-state index in [0.717, 1.165) is 12.8 Å². The first kappa shape index (κ1) is 16.4.